The van der Waals surface area contributed by atoms with Crippen molar-refractivity contribution >= 4 is 0 Å². The lowest BCUT2D eigenvalue weighted by atomic mass is 10.5. The molecule has 5 heteroatoms. The first-order valence-corrected chi connectivity index (χ1v) is 4.82. The Morgan fingerprint density at radius 2 is 1.87 bits per heavy atom. The molecule has 0 spiro atoms. The first-order valence-electron chi connectivity index (χ1n) is 4.82. The van der Waals surface area contributed by atoms with Crippen LogP contribution in [0.2, 0.25) is 0 Å². The summed E-state index contributed by atoms with van der Waals surface area (Å²) < 4.78 is 3.24. The molecule has 0 fully saturated rings. The standard InChI is InChI=1S/C10H12N4O/c1-2-13-6-7-14(10(13)15)8-9-11-4-3-5-12-9/h3-7H,2,8H2,1H3. The van der Waals surface area contributed by atoms with Crippen molar-refractivity contribution < 1.29 is 0 Å². The molecule has 0 aromatic carbocycles. The molecule has 0 aliphatic heterocycles. The van der Waals surface area contributed by atoms with Crippen molar-refractivity contribution in [3.8, 4) is 0 Å². The van der Waals surface area contributed by atoms with Crippen LogP contribution in [0.4, 0.5) is 0 Å². The fourth-order valence-electron chi connectivity index (χ4n) is 1.38. The summed E-state index contributed by atoms with van der Waals surface area (Å²) in [4.78, 5) is 19.8. The minimum atomic E-state index is -0.0232. The van der Waals surface area contributed by atoms with Crippen molar-refractivity contribution in [1.29, 1.82) is 0 Å². The van der Waals surface area contributed by atoms with Crippen LogP contribution in [0, 0.1) is 0 Å². The number of aromatic nitrogens is 4. The number of rotatable bonds is 3. The second-order valence-electron chi connectivity index (χ2n) is 3.16. The number of imidazole rings is 1. The molecular formula is C10H12N4O. The van der Waals surface area contributed by atoms with Crippen molar-refractivity contribution in [2.45, 2.75) is 20.0 Å². The maximum atomic E-state index is 11.7. The summed E-state index contributed by atoms with van der Waals surface area (Å²) in [6, 6.07) is 1.75. The summed E-state index contributed by atoms with van der Waals surface area (Å²) in [6.07, 6.45) is 6.86. The summed E-state index contributed by atoms with van der Waals surface area (Å²) in [5.74, 6) is 0.647. The highest BCUT2D eigenvalue weighted by molar-refractivity contribution is 4.92. The molecule has 5 nitrogen and oxygen atoms in total. The van der Waals surface area contributed by atoms with Gasteiger partial charge in [-0.25, -0.2) is 14.8 Å². The summed E-state index contributed by atoms with van der Waals surface area (Å²) in [7, 11) is 0. The monoisotopic (exact) mass is 204 g/mol. The maximum absolute atomic E-state index is 11.7. The van der Waals surface area contributed by atoms with Crippen LogP contribution in [-0.4, -0.2) is 19.1 Å². The molecule has 0 saturated carbocycles. The molecule has 0 atom stereocenters. The van der Waals surface area contributed by atoms with E-state index in [0.29, 0.717) is 18.9 Å². The minimum absolute atomic E-state index is 0.0232. The van der Waals surface area contributed by atoms with Gasteiger partial charge in [0.1, 0.15) is 5.82 Å². The third kappa shape index (κ3) is 1.96. The lowest BCUT2D eigenvalue weighted by Gasteiger charge is -1.99. The zero-order chi connectivity index (χ0) is 10.7. The molecule has 78 valence electrons. The highest BCUT2D eigenvalue weighted by Gasteiger charge is 2.03. The second kappa shape index (κ2) is 4.08. The van der Waals surface area contributed by atoms with Gasteiger partial charge in [-0.3, -0.25) is 9.13 Å². The number of hydrogen-bond donors (Lipinski definition) is 0. The highest BCUT2D eigenvalue weighted by Crippen LogP contribution is 1.92. The van der Waals surface area contributed by atoms with Gasteiger partial charge < -0.3 is 0 Å². The van der Waals surface area contributed by atoms with Crippen LogP contribution in [0.1, 0.15) is 12.7 Å². The molecule has 0 amide bonds. The molecule has 0 radical (unpaired) electrons. The Kier molecular flexibility index (Phi) is 2.62. The number of aryl methyl sites for hydroxylation is 1. The first-order chi connectivity index (χ1) is 7.31. The predicted molar refractivity (Wildman–Crippen MR) is 55.5 cm³/mol. The van der Waals surface area contributed by atoms with E-state index in [1.54, 1.807) is 40.0 Å². The Labute approximate surface area is 87.0 Å². The van der Waals surface area contributed by atoms with Crippen molar-refractivity contribution in [1.82, 2.24) is 19.1 Å². The van der Waals surface area contributed by atoms with E-state index in [4.69, 9.17) is 0 Å². The Balaban J connectivity index is 2.26. The predicted octanol–water partition coefficient (Wildman–Crippen LogP) is 0.508. The van der Waals surface area contributed by atoms with Crippen LogP contribution in [-0.2, 0) is 13.1 Å². The van der Waals surface area contributed by atoms with Gasteiger partial charge >= 0.3 is 5.69 Å². The molecule has 2 rings (SSSR count). The second-order valence-corrected chi connectivity index (χ2v) is 3.16. The van der Waals surface area contributed by atoms with Crippen molar-refractivity contribution in [3.63, 3.8) is 0 Å². The third-order valence-electron chi connectivity index (χ3n) is 2.19. The summed E-state index contributed by atoms with van der Waals surface area (Å²) in [5, 5.41) is 0. The summed E-state index contributed by atoms with van der Waals surface area (Å²) in [5.41, 5.74) is -0.0232. The average molecular weight is 204 g/mol. The van der Waals surface area contributed by atoms with Crippen LogP contribution >= 0.6 is 0 Å². The quantitative estimate of drug-likeness (QED) is 0.732. The van der Waals surface area contributed by atoms with Gasteiger partial charge in [0.05, 0.1) is 6.54 Å². The largest absolute Gasteiger partial charge is 0.328 e. The molecule has 2 aromatic heterocycles. The fourth-order valence-corrected chi connectivity index (χ4v) is 1.38. The van der Waals surface area contributed by atoms with E-state index in [1.165, 1.54) is 0 Å². The molecular weight excluding hydrogens is 192 g/mol. The SMILES string of the molecule is CCn1ccn(Cc2ncccn2)c1=O. The van der Waals surface area contributed by atoms with Gasteiger partial charge in [-0.15, -0.1) is 0 Å². The van der Waals surface area contributed by atoms with Gasteiger partial charge in [-0.05, 0) is 13.0 Å². The highest BCUT2D eigenvalue weighted by atomic mass is 16.1. The molecule has 15 heavy (non-hydrogen) atoms. The van der Waals surface area contributed by atoms with Gasteiger partial charge in [0.2, 0.25) is 0 Å². The van der Waals surface area contributed by atoms with Gasteiger partial charge in [-0.2, -0.15) is 0 Å². The van der Waals surface area contributed by atoms with E-state index in [-0.39, 0.29) is 5.69 Å². The zero-order valence-corrected chi connectivity index (χ0v) is 8.50. The van der Waals surface area contributed by atoms with E-state index in [2.05, 4.69) is 9.97 Å². The van der Waals surface area contributed by atoms with Crippen LogP contribution in [0.15, 0.2) is 35.6 Å². The molecule has 2 aromatic rings. The number of hydrogen-bond acceptors (Lipinski definition) is 3. The van der Waals surface area contributed by atoms with E-state index in [0.717, 1.165) is 0 Å². The van der Waals surface area contributed by atoms with E-state index in [1.807, 2.05) is 6.92 Å². The smallest absolute Gasteiger partial charge is 0.300 e. The molecule has 0 aliphatic carbocycles. The third-order valence-corrected chi connectivity index (χ3v) is 2.19. The Morgan fingerprint density at radius 3 is 2.47 bits per heavy atom. The molecule has 0 aliphatic rings. The van der Waals surface area contributed by atoms with E-state index in [9.17, 15) is 4.79 Å². The van der Waals surface area contributed by atoms with E-state index < -0.39 is 0 Å². The molecule has 0 saturated heterocycles. The van der Waals surface area contributed by atoms with Crippen LogP contribution in [0.5, 0.6) is 0 Å². The normalized spacial score (nSPS) is 10.5. The topological polar surface area (TPSA) is 52.7 Å². The van der Waals surface area contributed by atoms with Gasteiger partial charge in [0.15, 0.2) is 0 Å². The minimum Gasteiger partial charge on any atom is -0.300 e. The van der Waals surface area contributed by atoms with Crippen molar-refractivity contribution in [2.75, 3.05) is 0 Å². The molecule has 0 N–H and O–H groups in total. The Hall–Kier alpha value is -1.91. The van der Waals surface area contributed by atoms with Crippen LogP contribution in [0.25, 0.3) is 0 Å². The summed E-state index contributed by atoms with van der Waals surface area (Å²) in [6.45, 7) is 3.04. The van der Waals surface area contributed by atoms with E-state index >= 15 is 0 Å². The molecule has 0 bridgehead atoms. The van der Waals surface area contributed by atoms with Crippen LogP contribution < -0.4 is 5.69 Å². The van der Waals surface area contributed by atoms with Gasteiger partial charge in [0, 0.05) is 31.3 Å². The molecule has 0 unspecified atom stereocenters. The maximum Gasteiger partial charge on any atom is 0.328 e. The van der Waals surface area contributed by atoms with Gasteiger partial charge in [-0.1, -0.05) is 0 Å². The first kappa shape index (κ1) is 9.64. The fraction of sp³-hybridized carbons (Fsp3) is 0.300. The Bertz CT molecular complexity index is 486. The van der Waals surface area contributed by atoms with Crippen LogP contribution in [0.3, 0.4) is 0 Å². The molecule has 2 heterocycles. The lowest BCUT2D eigenvalue weighted by Crippen LogP contribution is -2.24. The van der Waals surface area contributed by atoms with Crippen molar-refractivity contribution in [2.24, 2.45) is 0 Å². The summed E-state index contributed by atoms with van der Waals surface area (Å²) >= 11 is 0. The zero-order valence-electron chi connectivity index (χ0n) is 8.50. The number of nitrogens with zero attached hydrogens (tertiary/aromatic N) is 4. The van der Waals surface area contributed by atoms with Gasteiger partial charge in [0.25, 0.3) is 0 Å². The lowest BCUT2D eigenvalue weighted by molar-refractivity contribution is 0.652. The Morgan fingerprint density at radius 1 is 1.20 bits per heavy atom. The van der Waals surface area contributed by atoms with Crippen molar-refractivity contribution in [3.05, 3.63) is 47.2 Å². The average Bonchev–Trinajstić information content (AvgIpc) is 2.62.